The van der Waals surface area contributed by atoms with E-state index in [4.69, 9.17) is 0 Å². The van der Waals surface area contributed by atoms with Crippen LogP contribution >= 0.6 is 0 Å². The zero-order chi connectivity index (χ0) is 22.8. The summed E-state index contributed by atoms with van der Waals surface area (Å²) in [4.78, 5) is 22.1. The molecular weight excluding hydrogens is 435 g/mol. The molecule has 0 spiro atoms. The van der Waals surface area contributed by atoms with Crippen molar-refractivity contribution in [1.82, 2.24) is 30.2 Å². The molecule has 4 N–H and O–H groups in total. The van der Waals surface area contributed by atoms with E-state index in [2.05, 4.69) is 45.8 Å². The first-order valence-corrected chi connectivity index (χ1v) is 10.3. The second kappa shape index (κ2) is 8.54. The normalized spacial score (nSPS) is 14.5. The number of pyridine rings is 3. The molecule has 0 saturated carbocycles. The predicted octanol–water partition coefficient (Wildman–Crippen LogP) is 3.66. The third kappa shape index (κ3) is 4.80. The number of piperazine rings is 1. The summed E-state index contributed by atoms with van der Waals surface area (Å²) in [7, 11) is 0. The first-order chi connectivity index (χ1) is 15.9. The van der Waals surface area contributed by atoms with Crippen molar-refractivity contribution in [3.63, 3.8) is 0 Å². The van der Waals surface area contributed by atoms with Crippen LogP contribution in [0.1, 0.15) is 5.69 Å². The highest BCUT2D eigenvalue weighted by molar-refractivity contribution is 5.80. The quantitative estimate of drug-likeness (QED) is 0.361. The Kier molecular flexibility index (Phi) is 5.42. The maximum atomic E-state index is 12.7. The largest absolute Gasteiger partial charge is 0.433 e. The predicted molar refractivity (Wildman–Crippen MR) is 119 cm³/mol. The second-order valence-corrected chi connectivity index (χ2v) is 7.49. The Hall–Kier alpha value is -3.93. The lowest BCUT2D eigenvalue weighted by Gasteiger charge is -2.29. The molecule has 1 aliphatic heterocycles. The summed E-state index contributed by atoms with van der Waals surface area (Å²) in [5, 5.41) is 9.40. The Bertz CT molecular complexity index is 1230. The summed E-state index contributed by atoms with van der Waals surface area (Å²) in [5.41, 5.74) is 1.84. The first-order valence-electron chi connectivity index (χ1n) is 10.3. The van der Waals surface area contributed by atoms with Gasteiger partial charge in [0.05, 0.1) is 41.0 Å². The minimum absolute atomic E-state index is 0.387. The summed E-state index contributed by atoms with van der Waals surface area (Å²) < 4.78 is 38.0. The fourth-order valence-corrected chi connectivity index (χ4v) is 3.51. The number of nitrogens with one attached hydrogen (secondary N) is 4. The van der Waals surface area contributed by atoms with Crippen LogP contribution in [0.15, 0.2) is 48.9 Å². The molecule has 1 saturated heterocycles. The van der Waals surface area contributed by atoms with Gasteiger partial charge in [-0.25, -0.2) is 19.9 Å². The lowest BCUT2D eigenvalue weighted by molar-refractivity contribution is -0.141. The lowest BCUT2D eigenvalue weighted by Crippen LogP contribution is -2.43. The molecule has 5 heterocycles. The van der Waals surface area contributed by atoms with Crippen LogP contribution in [0.5, 0.6) is 0 Å². The molecular formula is C21H20F3N9. The number of hydrogen-bond donors (Lipinski definition) is 4. The Morgan fingerprint density at radius 3 is 2.39 bits per heavy atom. The molecule has 0 unspecified atom stereocenters. The molecule has 1 fully saturated rings. The number of rotatable bonds is 5. The van der Waals surface area contributed by atoms with Gasteiger partial charge in [0.25, 0.3) is 0 Å². The molecule has 4 aromatic heterocycles. The summed E-state index contributed by atoms with van der Waals surface area (Å²) in [6.07, 6.45) is 0.0581. The number of fused-ring (bicyclic) bond motifs is 1. The zero-order valence-corrected chi connectivity index (χ0v) is 17.3. The van der Waals surface area contributed by atoms with Gasteiger partial charge in [-0.3, -0.25) is 0 Å². The standard InChI is InChI=1S/C21H20F3N9/c22-21(23,24)17-3-1-13(10-26-17)29-19-9-15-16(12-28-19)31-20(30-15)32-18-4-2-14(11-27-18)33-7-5-25-6-8-33/h1-4,9-12,25H,5-8H2,(H,28,29)(H2,27,30,31,32). The third-order valence-corrected chi connectivity index (χ3v) is 5.17. The highest BCUT2D eigenvalue weighted by atomic mass is 19.4. The van der Waals surface area contributed by atoms with Crippen LogP contribution in [0.2, 0.25) is 0 Å². The molecule has 0 aliphatic carbocycles. The molecule has 5 rings (SSSR count). The van der Waals surface area contributed by atoms with E-state index in [0.717, 1.165) is 44.1 Å². The van der Waals surface area contributed by atoms with Crippen molar-refractivity contribution in [3.05, 3.63) is 54.6 Å². The van der Waals surface area contributed by atoms with Gasteiger partial charge >= 0.3 is 6.18 Å². The van der Waals surface area contributed by atoms with Crippen LogP contribution in [-0.4, -0.2) is 51.1 Å². The second-order valence-electron chi connectivity index (χ2n) is 7.49. The molecule has 0 atom stereocenters. The number of alkyl halides is 3. The summed E-state index contributed by atoms with van der Waals surface area (Å²) in [6, 6.07) is 7.82. The Morgan fingerprint density at radius 2 is 1.70 bits per heavy atom. The van der Waals surface area contributed by atoms with Gasteiger partial charge in [-0.05, 0) is 24.3 Å². The van der Waals surface area contributed by atoms with Gasteiger partial charge in [-0.15, -0.1) is 0 Å². The van der Waals surface area contributed by atoms with Crippen LogP contribution in [0.3, 0.4) is 0 Å². The van der Waals surface area contributed by atoms with Crippen molar-refractivity contribution in [2.75, 3.05) is 41.7 Å². The highest BCUT2D eigenvalue weighted by Crippen LogP contribution is 2.28. The van der Waals surface area contributed by atoms with Crippen LogP contribution in [0.4, 0.5) is 42.1 Å². The number of H-pyrrole nitrogens is 1. The van der Waals surface area contributed by atoms with E-state index in [1.54, 1.807) is 12.3 Å². The highest BCUT2D eigenvalue weighted by Gasteiger charge is 2.32. The maximum Gasteiger partial charge on any atom is 0.433 e. The van der Waals surface area contributed by atoms with E-state index in [1.807, 2.05) is 18.3 Å². The average molecular weight is 455 g/mol. The van der Waals surface area contributed by atoms with E-state index in [-0.39, 0.29) is 0 Å². The number of anilines is 5. The molecule has 0 radical (unpaired) electrons. The third-order valence-electron chi connectivity index (χ3n) is 5.17. The SMILES string of the molecule is FC(F)(F)c1ccc(Nc2cc3nc(Nc4ccc(N5CCNCC5)cn4)[nH]c3cn2)cn1. The number of imidazole rings is 1. The van der Waals surface area contributed by atoms with Crippen molar-refractivity contribution in [1.29, 1.82) is 0 Å². The van der Waals surface area contributed by atoms with Gasteiger partial charge in [0.15, 0.2) is 0 Å². The Morgan fingerprint density at radius 1 is 0.879 bits per heavy atom. The number of hydrogen-bond acceptors (Lipinski definition) is 8. The molecule has 0 amide bonds. The number of nitrogens with zero attached hydrogens (tertiary/aromatic N) is 5. The molecule has 170 valence electrons. The summed E-state index contributed by atoms with van der Waals surface area (Å²) in [5.74, 6) is 1.58. The summed E-state index contributed by atoms with van der Waals surface area (Å²) in [6.45, 7) is 3.81. The van der Waals surface area contributed by atoms with Crippen molar-refractivity contribution in [2.24, 2.45) is 0 Å². The molecule has 4 aromatic rings. The van der Waals surface area contributed by atoms with Gasteiger partial charge in [-0.2, -0.15) is 13.2 Å². The topological polar surface area (TPSA) is 107 Å². The van der Waals surface area contributed by atoms with Gasteiger partial charge in [0.2, 0.25) is 5.95 Å². The van der Waals surface area contributed by atoms with E-state index >= 15 is 0 Å². The van der Waals surface area contributed by atoms with E-state index in [9.17, 15) is 13.2 Å². The van der Waals surface area contributed by atoms with E-state index < -0.39 is 11.9 Å². The molecule has 0 bridgehead atoms. The monoisotopic (exact) mass is 455 g/mol. The molecule has 12 heteroatoms. The Labute approximate surface area is 186 Å². The van der Waals surface area contributed by atoms with Crippen LogP contribution in [0, 0.1) is 0 Å². The molecule has 0 aromatic carbocycles. The van der Waals surface area contributed by atoms with Crippen LogP contribution in [0.25, 0.3) is 11.0 Å². The van der Waals surface area contributed by atoms with Gasteiger partial charge < -0.3 is 25.8 Å². The molecule has 33 heavy (non-hydrogen) atoms. The van der Waals surface area contributed by atoms with Crippen LogP contribution < -0.4 is 20.9 Å². The number of aromatic amines is 1. The minimum atomic E-state index is -4.48. The van der Waals surface area contributed by atoms with E-state index in [1.165, 1.54) is 6.07 Å². The fourth-order valence-electron chi connectivity index (χ4n) is 3.51. The molecule has 1 aliphatic rings. The van der Waals surface area contributed by atoms with Crippen molar-refractivity contribution < 1.29 is 13.2 Å². The first kappa shape index (κ1) is 20.9. The minimum Gasteiger partial charge on any atom is -0.368 e. The smallest absolute Gasteiger partial charge is 0.368 e. The van der Waals surface area contributed by atoms with Crippen LogP contribution in [-0.2, 0) is 6.18 Å². The maximum absolute atomic E-state index is 12.7. The van der Waals surface area contributed by atoms with Gasteiger partial charge in [0.1, 0.15) is 17.3 Å². The lowest BCUT2D eigenvalue weighted by atomic mass is 10.3. The Balaban J connectivity index is 1.27. The van der Waals surface area contributed by atoms with Crippen molar-refractivity contribution >= 4 is 40.0 Å². The van der Waals surface area contributed by atoms with Crippen molar-refractivity contribution in [2.45, 2.75) is 6.18 Å². The average Bonchev–Trinajstić information content (AvgIpc) is 3.21. The summed E-state index contributed by atoms with van der Waals surface area (Å²) >= 11 is 0. The zero-order valence-electron chi connectivity index (χ0n) is 17.3. The van der Waals surface area contributed by atoms with Gasteiger partial charge in [-0.1, -0.05) is 0 Å². The number of halogens is 3. The van der Waals surface area contributed by atoms with E-state index in [0.29, 0.717) is 34.3 Å². The van der Waals surface area contributed by atoms with Crippen molar-refractivity contribution in [3.8, 4) is 0 Å². The fraction of sp³-hybridized carbons (Fsp3) is 0.238. The number of aromatic nitrogens is 5. The molecule has 9 nitrogen and oxygen atoms in total. The van der Waals surface area contributed by atoms with Gasteiger partial charge in [0, 0.05) is 32.2 Å².